The van der Waals surface area contributed by atoms with Gasteiger partial charge in [-0.15, -0.1) is 35.3 Å². The summed E-state index contributed by atoms with van der Waals surface area (Å²) in [7, 11) is 3.36. The molecule has 0 radical (unpaired) electrons. The molecule has 2 aromatic rings. The second-order valence-electron chi connectivity index (χ2n) is 7.08. The van der Waals surface area contributed by atoms with Crippen molar-refractivity contribution < 1.29 is 9.47 Å². The van der Waals surface area contributed by atoms with Crippen molar-refractivity contribution in [3.05, 3.63) is 33.8 Å². The number of guanidine groups is 1. The highest BCUT2D eigenvalue weighted by molar-refractivity contribution is 14.0. The van der Waals surface area contributed by atoms with Crippen molar-refractivity contribution in [3.63, 3.8) is 0 Å². The van der Waals surface area contributed by atoms with E-state index in [0.29, 0.717) is 12.6 Å². The summed E-state index contributed by atoms with van der Waals surface area (Å²) in [6, 6.07) is 6.33. The third-order valence-electron chi connectivity index (χ3n) is 4.96. The van der Waals surface area contributed by atoms with Crippen molar-refractivity contribution in [1.29, 1.82) is 0 Å². The summed E-state index contributed by atoms with van der Waals surface area (Å²) in [6.07, 6.45) is 1.04. The largest absolute Gasteiger partial charge is 0.497 e. The number of anilines is 1. The van der Waals surface area contributed by atoms with E-state index in [1.807, 2.05) is 19.9 Å². The van der Waals surface area contributed by atoms with Crippen LogP contribution in [0.5, 0.6) is 11.5 Å². The Morgan fingerprint density at radius 1 is 1.23 bits per heavy atom. The Morgan fingerprint density at radius 2 is 1.93 bits per heavy atom. The van der Waals surface area contributed by atoms with Gasteiger partial charge in [-0.2, -0.15) is 0 Å². The summed E-state index contributed by atoms with van der Waals surface area (Å²) in [5.41, 5.74) is 2.19. The summed E-state index contributed by atoms with van der Waals surface area (Å²) in [6.45, 7) is 9.52. The van der Waals surface area contributed by atoms with Crippen LogP contribution in [0.25, 0.3) is 0 Å². The van der Waals surface area contributed by atoms with Crippen LogP contribution in [0.1, 0.15) is 28.9 Å². The Labute approximate surface area is 200 Å². The van der Waals surface area contributed by atoms with E-state index in [0.717, 1.165) is 59.9 Å². The zero-order valence-corrected chi connectivity index (χ0v) is 21.5. The quantitative estimate of drug-likeness (QED) is 0.314. The molecule has 166 valence electrons. The number of aliphatic imine (C=N–C) groups is 1. The fourth-order valence-electron chi connectivity index (χ4n) is 3.47. The number of ether oxygens (including phenoxy) is 2. The Kier molecular flexibility index (Phi) is 9.47. The first-order chi connectivity index (χ1) is 14.0. The average Bonchev–Trinajstić information content (AvgIpc) is 3.31. The molecule has 1 aliphatic heterocycles. The zero-order valence-electron chi connectivity index (χ0n) is 18.3. The molecule has 1 aromatic carbocycles. The highest BCUT2D eigenvalue weighted by Gasteiger charge is 2.24. The maximum atomic E-state index is 5.41. The van der Waals surface area contributed by atoms with E-state index in [1.54, 1.807) is 25.6 Å². The monoisotopic (exact) mass is 545 g/mol. The van der Waals surface area contributed by atoms with E-state index in [4.69, 9.17) is 14.5 Å². The number of nitrogens with zero attached hydrogens (tertiary/aromatic N) is 3. The second-order valence-corrected chi connectivity index (χ2v) is 8.37. The van der Waals surface area contributed by atoms with Crippen molar-refractivity contribution in [2.45, 2.75) is 39.8 Å². The number of halogens is 1. The van der Waals surface area contributed by atoms with Crippen LogP contribution < -0.4 is 25.0 Å². The van der Waals surface area contributed by atoms with E-state index in [2.05, 4.69) is 39.6 Å². The van der Waals surface area contributed by atoms with Crippen LogP contribution in [0, 0.1) is 13.8 Å². The number of hydrogen-bond donors (Lipinski definition) is 2. The lowest BCUT2D eigenvalue weighted by Crippen LogP contribution is -2.44. The number of nitrogens with one attached hydrogen (secondary N) is 2. The molecule has 7 nitrogen and oxygen atoms in total. The number of rotatable bonds is 7. The van der Waals surface area contributed by atoms with E-state index in [9.17, 15) is 0 Å². The number of aryl methyl sites for hydroxylation is 2. The van der Waals surface area contributed by atoms with Crippen molar-refractivity contribution in [2.75, 3.05) is 38.8 Å². The van der Waals surface area contributed by atoms with Crippen LogP contribution in [0.15, 0.2) is 23.2 Å². The highest BCUT2D eigenvalue weighted by atomic mass is 127. The Balaban J connectivity index is 0.00000320. The van der Waals surface area contributed by atoms with Gasteiger partial charge in [0.25, 0.3) is 0 Å². The Bertz CT molecular complexity index is 836. The molecule has 0 saturated carbocycles. The van der Waals surface area contributed by atoms with Gasteiger partial charge in [-0.05, 0) is 27.2 Å². The number of thiazole rings is 1. The smallest absolute Gasteiger partial charge is 0.191 e. The minimum absolute atomic E-state index is 0. The predicted octanol–water partition coefficient (Wildman–Crippen LogP) is 3.73. The molecular weight excluding hydrogens is 513 g/mol. The van der Waals surface area contributed by atoms with Crippen LogP contribution in [-0.2, 0) is 6.54 Å². The van der Waals surface area contributed by atoms with Crippen LogP contribution in [0.3, 0.4) is 0 Å². The van der Waals surface area contributed by atoms with E-state index in [-0.39, 0.29) is 24.0 Å². The summed E-state index contributed by atoms with van der Waals surface area (Å²) < 4.78 is 10.8. The fraction of sp³-hybridized carbons (Fsp3) is 0.524. The first-order valence-corrected chi connectivity index (χ1v) is 10.8. The number of methoxy groups -OCH3 is 2. The lowest BCUT2D eigenvalue weighted by Gasteiger charge is -2.21. The third-order valence-corrected chi connectivity index (χ3v) is 6.01. The molecule has 0 amide bonds. The molecule has 1 aromatic heterocycles. The SMILES string of the molecule is CCNC(=NCc1sc(C)nc1C)NC1CCN(c2cc(OC)cc(OC)c2)C1.I. The Morgan fingerprint density at radius 3 is 2.50 bits per heavy atom. The first kappa shape index (κ1) is 24.5. The molecule has 1 unspecified atom stereocenters. The summed E-state index contributed by atoms with van der Waals surface area (Å²) in [5.74, 6) is 2.47. The van der Waals surface area contributed by atoms with Gasteiger partial charge >= 0.3 is 0 Å². The lowest BCUT2D eigenvalue weighted by molar-refractivity contribution is 0.394. The standard InChI is InChI=1S/C21H31N5O2S.HI/c1-6-22-21(23-12-20-14(2)24-15(3)29-20)25-16-7-8-26(13-16)17-9-18(27-4)11-19(10-17)28-5;/h9-11,16H,6-8,12-13H2,1-5H3,(H2,22,23,25);1H. The molecule has 2 heterocycles. The molecule has 9 heteroatoms. The first-order valence-electron chi connectivity index (χ1n) is 9.98. The summed E-state index contributed by atoms with van der Waals surface area (Å²) >= 11 is 1.72. The van der Waals surface area contributed by atoms with Crippen LogP contribution in [0.4, 0.5) is 5.69 Å². The predicted molar refractivity (Wildman–Crippen MR) is 135 cm³/mol. The number of hydrogen-bond acceptors (Lipinski definition) is 6. The Hall–Kier alpha value is -1.75. The van der Waals surface area contributed by atoms with Crippen molar-refractivity contribution in [2.24, 2.45) is 4.99 Å². The van der Waals surface area contributed by atoms with Gasteiger partial charge in [0.1, 0.15) is 11.5 Å². The normalized spacial score (nSPS) is 16.2. The van der Waals surface area contributed by atoms with Gasteiger partial charge in [0.15, 0.2) is 5.96 Å². The fourth-order valence-corrected chi connectivity index (χ4v) is 4.33. The summed E-state index contributed by atoms with van der Waals surface area (Å²) in [5, 5.41) is 8.04. The zero-order chi connectivity index (χ0) is 20.8. The van der Waals surface area contributed by atoms with Gasteiger partial charge in [0, 0.05) is 54.4 Å². The molecule has 0 spiro atoms. The van der Waals surface area contributed by atoms with Gasteiger partial charge < -0.3 is 25.0 Å². The van der Waals surface area contributed by atoms with Crippen LogP contribution >= 0.6 is 35.3 Å². The second kappa shape index (κ2) is 11.6. The van der Waals surface area contributed by atoms with Gasteiger partial charge in [0.2, 0.25) is 0 Å². The lowest BCUT2D eigenvalue weighted by atomic mass is 10.2. The molecule has 1 fully saturated rings. The molecule has 1 saturated heterocycles. The molecule has 2 N–H and O–H groups in total. The molecule has 1 atom stereocenters. The van der Waals surface area contributed by atoms with Crippen molar-refractivity contribution in [3.8, 4) is 11.5 Å². The minimum Gasteiger partial charge on any atom is -0.497 e. The highest BCUT2D eigenvalue weighted by Crippen LogP contribution is 2.30. The van der Waals surface area contributed by atoms with Gasteiger partial charge in [0.05, 0.1) is 31.5 Å². The molecule has 3 rings (SSSR count). The summed E-state index contributed by atoms with van der Waals surface area (Å²) in [4.78, 5) is 12.8. The van der Waals surface area contributed by atoms with Crippen molar-refractivity contribution in [1.82, 2.24) is 15.6 Å². The number of benzene rings is 1. The number of aromatic nitrogens is 1. The molecule has 1 aliphatic rings. The maximum Gasteiger partial charge on any atom is 0.191 e. The molecular formula is C21H32IN5O2S. The van der Waals surface area contributed by atoms with Crippen LogP contribution in [0.2, 0.25) is 0 Å². The average molecular weight is 545 g/mol. The van der Waals surface area contributed by atoms with E-state index >= 15 is 0 Å². The van der Waals surface area contributed by atoms with Gasteiger partial charge in [-0.25, -0.2) is 9.98 Å². The molecule has 30 heavy (non-hydrogen) atoms. The maximum absolute atomic E-state index is 5.41. The van der Waals surface area contributed by atoms with E-state index < -0.39 is 0 Å². The topological polar surface area (TPSA) is 71.0 Å². The van der Waals surface area contributed by atoms with E-state index in [1.165, 1.54) is 4.88 Å². The third kappa shape index (κ3) is 6.37. The van der Waals surface area contributed by atoms with Gasteiger partial charge in [-0.1, -0.05) is 0 Å². The molecule has 0 aliphatic carbocycles. The minimum atomic E-state index is 0. The van der Waals surface area contributed by atoms with Crippen LogP contribution in [-0.4, -0.2) is 50.8 Å². The van der Waals surface area contributed by atoms with Gasteiger partial charge in [-0.3, -0.25) is 0 Å². The molecule has 0 bridgehead atoms. The van der Waals surface area contributed by atoms with Crippen molar-refractivity contribution >= 4 is 47.0 Å².